The molecule has 0 saturated heterocycles. The number of allylic oxidation sites excluding steroid dienone is 7. The number of benzene rings is 9. The van der Waals surface area contributed by atoms with Crippen LogP contribution in [0.2, 0.25) is 0 Å². The lowest BCUT2D eigenvalue weighted by molar-refractivity contribution is -0.353. The van der Waals surface area contributed by atoms with Gasteiger partial charge in [-0.05, 0) is 105 Å². The zero-order chi connectivity index (χ0) is 89.9. The van der Waals surface area contributed by atoms with Gasteiger partial charge in [0.2, 0.25) is 0 Å². The molecule has 0 radical (unpaired) electrons. The summed E-state index contributed by atoms with van der Waals surface area (Å²) in [6.07, 6.45) is 16.3. The molecule has 6 atom stereocenters. The highest BCUT2D eigenvalue weighted by atomic mass is 16.6. The fourth-order valence-corrected chi connectivity index (χ4v) is 11.1. The lowest BCUT2D eigenvalue weighted by Gasteiger charge is -2.21. The van der Waals surface area contributed by atoms with Crippen molar-refractivity contribution < 1.29 is 91.8 Å². The van der Waals surface area contributed by atoms with Crippen LogP contribution in [0, 0.1) is 18.3 Å². The summed E-state index contributed by atoms with van der Waals surface area (Å²) in [7, 11) is 5.29. The predicted octanol–water partition coefficient (Wildman–Crippen LogP) is 17.9. The molecule has 6 unspecified atom stereocenters. The fourth-order valence-electron chi connectivity index (χ4n) is 11.1. The van der Waals surface area contributed by atoms with Gasteiger partial charge in [-0.2, -0.15) is 11.6 Å². The molecular formula is C102H105O19-3. The number of methoxy groups -OCH3 is 4. The molecule has 0 fully saturated rings. The van der Waals surface area contributed by atoms with Crippen LogP contribution in [0.5, 0.6) is 0 Å². The SMILES string of the molecule is C=CC(=O)OC.C=CC(=O)OC.C=CC(=O)OC.CC(=O)C(C)CC(CC(C)c1cccc(C(=O)c2ccccc2)c1)C(C)=O.CC(C(=O)O)c1cccc(C(=O)c2ccccc2)c1.CC(C(=O)[O-])c1cccc(C(=O)c2ccccc2)c1.CC=C1C=C(C(=O)c2ccccc2)C=C[CH-]1.COC([O-])=CCC(C)c1cccc(C(=O)c2ccccc2)c1. The molecule has 19 heteroatoms. The molecular weight excluding hydrogens is 1530 g/mol. The third-order valence-corrected chi connectivity index (χ3v) is 18.6. The second kappa shape index (κ2) is 55.3. The molecule has 0 aromatic heterocycles. The van der Waals surface area contributed by atoms with Crippen LogP contribution in [-0.2, 0) is 52.5 Å². The van der Waals surface area contributed by atoms with Crippen molar-refractivity contribution in [1.82, 2.24) is 0 Å². The molecule has 1 aliphatic rings. The Morgan fingerprint density at radius 3 is 1.00 bits per heavy atom. The largest absolute Gasteiger partial charge is 0.617 e. The second-order valence-electron chi connectivity index (χ2n) is 27.2. The van der Waals surface area contributed by atoms with Crippen molar-refractivity contribution in [2.45, 2.75) is 98.3 Å². The summed E-state index contributed by atoms with van der Waals surface area (Å²) in [5.41, 5.74) is 10.6. The van der Waals surface area contributed by atoms with E-state index in [9.17, 15) is 67.7 Å². The van der Waals surface area contributed by atoms with E-state index in [1.807, 2.05) is 203 Å². The number of Topliss-reactive ketones (excluding diaryl/α,β-unsaturated/α-hetero) is 3. The Morgan fingerprint density at radius 1 is 0.397 bits per heavy atom. The van der Waals surface area contributed by atoms with Crippen LogP contribution in [-0.4, -0.2) is 104 Å². The molecule has 0 amide bonds. The van der Waals surface area contributed by atoms with Crippen LogP contribution in [0.3, 0.4) is 0 Å². The van der Waals surface area contributed by atoms with Crippen molar-refractivity contribution in [2.24, 2.45) is 11.8 Å². The molecule has 0 heterocycles. The maximum atomic E-state index is 12.7. The number of hydrogen-bond donors (Lipinski definition) is 1. The predicted molar refractivity (Wildman–Crippen MR) is 467 cm³/mol. The first-order valence-electron chi connectivity index (χ1n) is 38.6. The zero-order valence-corrected chi connectivity index (χ0v) is 70.4. The Balaban J connectivity index is 0.000000374. The Kier molecular flexibility index (Phi) is 46.1. The third-order valence-electron chi connectivity index (χ3n) is 18.6. The molecule has 121 heavy (non-hydrogen) atoms. The van der Waals surface area contributed by atoms with E-state index in [0.717, 1.165) is 46.1 Å². The number of esters is 3. The highest BCUT2D eigenvalue weighted by molar-refractivity contribution is 6.12. The van der Waals surface area contributed by atoms with Crippen LogP contribution in [0.4, 0.5) is 0 Å². The van der Waals surface area contributed by atoms with Gasteiger partial charge in [0.15, 0.2) is 28.9 Å². The summed E-state index contributed by atoms with van der Waals surface area (Å²) < 4.78 is 17.0. The normalized spacial score (nSPS) is 12.4. The van der Waals surface area contributed by atoms with Crippen molar-refractivity contribution >= 4 is 70.3 Å². The van der Waals surface area contributed by atoms with Gasteiger partial charge in [0.1, 0.15) is 11.6 Å². The summed E-state index contributed by atoms with van der Waals surface area (Å²) in [5, 5.41) is 31.0. The van der Waals surface area contributed by atoms with E-state index in [1.54, 1.807) is 125 Å². The smallest absolute Gasteiger partial charge is 0.329 e. The fraction of sp³-hybridized carbons (Fsp3) is 0.206. The van der Waals surface area contributed by atoms with Gasteiger partial charge in [0, 0.05) is 98.0 Å². The van der Waals surface area contributed by atoms with E-state index in [2.05, 4.69) is 45.6 Å². The first-order chi connectivity index (χ1) is 57.8. The van der Waals surface area contributed by atoms with Crippen molar-refractivity contribution in [1.29, 1.82) is 0 Å². The number of ether oxygens (including phenoxy) is 4. The molecule has 10 rings (SSSR count). The Morgan fingerprint density at radius 2 is 0.711 bits per heavy atom. The van der Waals surface area contributed by atoms with E-state index in [1.165, 1.54) is 34.5 Å². The minimum atomic E-state index is -1.15. The van der Waals surface area contributed by atoms with Gasteiger partial charge in [0.05, 0.1) is 27.2 Å². The van der Waals surface area contributed by atoms with E-state index < -0.39 is 41.7 Å². The number of carboxylic acids is 2. The number of rotatable bonds is 28. The molecule has 1 N–H and O–H groups in total. The average molecular weight is 1630 g/mol. The molecule has 630 valence electrons. The Hall–Kier alpha value is -14.3. The van der Waals surface area contributed by atoms with Gasteiger partial charge in [-0.3, -0.25) is 38.4 Å². The van der Waals surface area contributed by atoms with Crippen molar-refractivity contribution in [3.05, 3.63) is 413 Å². The number of carboxylic acid groups (broad SMARTS) is 2. The topological polar surface area (TPSA) is 308 Å². The summed E-state index contributed by atoms with van der Waals surface area (Å²) in [4.78, 5) is 137. The number of carbonyl (C=O) groups is 12. The van der Waals surface area contributed by atoms with E-state index in [-0.39, 0.29) is 70.1 Å². The number of ketones is 7. The van der Waals surface area contributed by atoms with E-state index >= 15 is 0 Å². The van der Waals surface area contributed by atoms with Crippen LogP contribution >= 0.6 is 0 Å². The summed E-state index contributed by atoms with van der Waals surface area (Å²) in [6, 6.07) is 74.2. The highest BCUT2D eigenvalue weighted by Gasteiger charge is 2.24. The summed E-state index contributed by atoms with van der Waals surface area (Å²) in [5.74, 6) is -4.81. The first kappa shape index (κ1) is 101. The molecule has 0 aliphatic heterocycles. The molecule has 9 aromatic rings. The van der Waals surface area contributed by atoms with Crippen molar-refractivity contribution in [3.8, 4) is 0 Å². The quantitative estimate of drug-likeness (QED) is 0.0119. The minimum Gasteiger partial charge on any atom is -0.617 e. The van der Waals surface area contributed by atoms with Crippen molar-refractivity contribution in [2.75, 3.05) is 28.4 Å². The maximum absolute atomic E-state index is 12.7. The molecule has 0 spiro atoms. The zero-order valence-electron chi connectivity index (χ0n) is 70.4. The monoisotopic (exact) mass is 1630 g/mol. The Labute approximate surface area is 709 Å². The van der Waals surface area contributed by atoms with Gasteiger partial charge in [-0.25, -0.2) is 14.4 Å². The van der Waals surface area contributed by atoms with E-state index in [0.29, 0.717) is 74.9 Å². The number of hydrogen-bond acceptors (Lipinski definition) is 18. The third kappa shape index (κ3) is 36.4. The summed E-state index contributed by atoms with van der Waals surface area (Å²) in [6.45, 7) is 23.7. The first-order valence-corrected chi connectivity index (χ1v) is 38.6. The molecule has 0 bridgehead atoms. The van der Waals surface area contributed by atoms with Crippen LogP contribution < -0.4 is 10.2 Å². The standard InChI is InChI=1S/C24H28O3.C19H20O3.2C16H14O3.C15H13O.3C4H6O2/c1-16(18(3)25)13-23(19(4)26)14-17(2)21-11-8-12-22(15-21)24(27)20-9-6-5-7-10-20;1-14(11-12-18(20)22-2)16-9-6-10-17(13-16)19(21)15-7-4-3-5-8-15;2*1-11(16(18)19)13-8-5-9-14(10-13)15(17)12-6-3-2-4-7-12;1-2-12-7-6-10-14(11-12)15(16)13-8-4-3-5-9-13;3*1-3-4(5)6-2/h5-12,15-17,23H,13-14H2,1-4H3;3-10,12-14,20H,11H2,1-2H3;2*2-11H,1H3,(H,18,19);2-11H,1H3;3*3H,1H2,2H3/q;;;;-1;;;/p-2. The number of aliphatic carboxylic acids is 2. The highest BCUT2D eigenvalue weighted by Crippen LogP contribution is 2.30. The van der Waals surface area contributed by atoms with Crippen LogP contribution in [0.1, 0.15) is 195 Å². The Bertz CT molecular complexity index is 4900. The minimum absolute atomic E-state index is 0.00188. The van der Waals surface area contributed by atoms with Crippen molar-refractivity contribution in [3.63, 3.8) is 0 Å². The van der Waals surface area contributed by atoms with Crippen LogP contribution in [0.15, 0.2) is 334 Å². The van der Waals surface area contributed by atoms with Gasteiger partial charge in [0.25, 0.3) is 0 Å². The molecule has 0 saturated carbocycles. The average Bonchev–Trinajstić information content (AvgIpc) is 0.853. The van der Waals surface area contributed by atoms with Crippen LogP contribution in [0.25, 0.3) is 0 Å². The lowest BCUT2D eigenvalue weighted by atomic mass is 9.82. The van der Waals surface area contributed by atoms with E-state index in [4.69, 9.17) is 5.11 Å². The summed E-state index contributed by atoms with van der Waals surface area (Å²) >= 11 is 0. The maximum Gasteiger partial charge on any atom is 0.329 e. The lowest BCUT2D eigenvalue weighted by Crippen LogP contribution is -2.28. The van der Waals surface area contributed by atoms with Gasteiger partial charge in [-0.1, -0.05) is 290 Å². The second-order valence-corrected chi connectivity index (χ2v) is 27.2. The van der Waals surface area contributed by atoms with Gasteiger partial charge < -0.3 is 39.1 Å². The molecule has 19 nitrogen and oxygen atoms in total. The number of carbonyl (C=O) groups excluding carboxylic acids is 11. The van der Waals surface area contributed by atoms with Gasteiger partial charge >= 0.3 is 23.9 Å². The van der Waals surface area contributed by atoms with Gasteiger partial charge in [-0.15, -0.1) is 24.6 Å². The molecule has 9 aromatic carbocycles. The molecule has 1 aliphatic carbocycles.